The summed E-state index contributed by atoms with van der Waals surface area (Å²) < 4.78 is 65.0. The number of carbonyl (C=O) groups excluding carboxylic acids is 1. The number of benzene rings is 1. The molecule has 180 valence electrons. The van der Waals surface area contributed by atoms with Crippen LogP contribution in [0.3, 0.4) is 0 Å². The number of alkyl halides is 3. The highest BCUT2D eigenvalue weighted by atomic mass is 32.3. The van der Waals surface area contributed by atoms with Gasteiger partial charge in [0.1, 0.15) is 5.82 Å². The summed E-state index contributed by atoms with van der Waals surface area (Å²) in [6.45, 7) is 3.15. The number of rotatable bonds is 3. The maximum absolute atomic E-state index is 13.5. The first kappa shape index (κ1) is 23.5. The fourth-order valence-corrected chi connectivity index (χ4v) is 6.58. The van der Waals surface area contributed by atoms with Gasteiger partial charge in [-0.05, 0) is 37.6 Å². The van der Waals surface area contributed by atoms with Crippen molar-refractivity contribution in [1.29, 1.82) is 0 Å². The maximum atomic E-state index is 13.5. The summed E-state index contributed by atoms with van der Waals surface area (Å²) in [5.74, 6) is 0.254. The Morgan fingerprint density at radius 2 is 1.79 bits per heavy atom. The van der Waals surface area contributed by atoms with Crippen LogP contribution in [0.1, 0.15) is 27.9 Å². The Kier molecular flexibility index (Phi) is 5.68. The highest BCUT2D eigenvalue weighted by molar-refractivity contribution is 8.15. The fourth-order valence-electron chi connectivity index (χ4n) is 4.38. The number of hydrogen-bond acceptors (Lipinski definition) is 4. The van der Waals surface area contributed by atoms with Crippen LogP contribution >= 0.6 is 0 Å². The summed E-state index contributed by atoms with van der Waals surface area (Å²) in [6.07, 6.45) is -1.16. The van der Waals surface area contributed by atoms with Gasteiger partial charge in [-0.3, -0.25) is 13.7 Å². The number of halogens is 3. The standard InChI is InChI=1S/C22H27F3N4O3S/c1-16-4-6-19(18(14-16)22(23,24)25)27-9-11-28(12-10-27)21(30)17-5-7-20(26-15-17)29-8-3-13-33(29,2,31)32/h4-7,14-15H,3,8-13H2,1-2H3,(H,31,32). The summed E-state index contributed by atoms with van der Waals surface area (Å²) in [5, 5.41) is 0. The van der Waals surface area contributed by atoms with Crippen molar-refractivity contribution in [2.45, 2.75) is 19.5 Å². The quantitative estimate of drug-likeness (QED) is 0.723. The highest BCUT2D eigenvalue weighted by Gasteiger charge is 2.37. The van der Waals surface area contributed by atoms with Gasteiger partial charge in [0, 0.05) is 50.9 Å². The summed E-state index contributed by atoms with van der Waals surface area (Å²) in [5.41, 5.74) is 0.323. The van der Waals surface area contributed by atoms with E-state index in [0.717, 1.165) is 6.07 Å². The number of amides is 1. The average Bonchev–Trinajstić information content (AvgIpc) is 3.06. The summed E-state index contributed by atoms with van der Waals surface area (Å²) >= 11 is 0. The van der Waals surface area contributed by atoms with Gasteiger partial charge < -0.3 is 9.80 Å². The third-order valence-electron chi connectivity index (χ3n) is 6.16. The lowest BCUT2D eigenvalue weighted by molar-refractivity contribution is -0.137. The Bertz CT molecular complexity index is 1120. The molecule has 1 amide bonds. The Morgan fingerprint density at radius 3 is 2.33 bits per heavy atom. The van der Waals surface area contributed by atoms with E-state index >= 15 is 0 Å². The zero-order chi connectivity index (χ0) is 24.0. The summed E-state index contributed by atoms with van der Waals surface area (Å²) in [7, 11) is -3.92. The third kappa shape index (κ3) is 4.70. The van der Waals surface area contributed by atoms with E-state index in [4.69, 9.17) is 0 Å². The van der Waals surface area contributed by atoms with Crippen molar-refractivity contribution in [2.24, 2.45) is 0 Å². The fraction of sp³-hybridized carbons (Fsp3) is 0.455. The minimum Gasteiger partial charge on any atom is -0.367 e. The zero-order valence-electron chi connectivity index (χ0n) is 18.5. The van der Waals surface area contributed by atoms with Crippen LogP contribution in [0.2, 0.25) is 0 Å². The number of nitrogens with zero attached hydrogens (tertiary/aromatic N) is 4. The van der Waals surface area contributed by atoms with Crippen LogP contribution in [0.4, 0.5) is 24.7 Å². The van der Waals surface area contributed by atoms with Gasteiger partial charge >= 0.3 is 6.18 Å². The monoisotopic (exact) mass is 484 g/mol. The van der Waals surface area contributed by atoms with Crippen molar-refractivity contribution in [3.63, 3.8) is 0 Å². The second kappa shape index (κ2) is 7.98. The van der Waals surface area contributed by atoms with E-state index in [0.29, 0.717) is 29.9 Å². The van der Waals surface area contributed by atoms with Gasteiger partial charge in [-0.15, -0.1) is 9.53 Å². The van der Waals surface area contributed by atoms with E-state index in [-0.39, 0.29) is 43.5 Å². The van der Waals surface area contributed by atoms with E-state index in [1.165, 1.54) is 22.8 Å². The Balaban J connectivity index is 1.44. The largest absolute Gasteiger partial charge is 0.418 e. The first-order chi connectivity index (χ1) is 15.3. The summed E-state index contributed by atoms with van der Waals surface area (Å²) in [4.78, 5) is 20.4. The van der Waals surface area contributed by atoms with Gasteiger partial charge in [0.05, 0.1) is 16.9 Å². The Morgan fingerprint density at radius 1 is 1.09 bits per heavy atom. The van der Waals surface area contributed by atoms with Crippen LogP contribution in [0.15, 0.2) is 36.5 Å². The lowest BCUT2D eigenvalue weighted by Crippen LogP contribution is -2.49. The Labute approximate surface area is 190 Å². The third-order valence-corrected chi connectivity index (χ3v) is 8.88. The second-order valence-electron chi connectivity index (χ2n) is 8.79. The van der Waals surface area contributed by atoms with Crippen LogP contribution in [0.5, 0.6) is 0 Å². The van der Waals surface area contributed by atoms with E-state index < -0.39 is 21.3 Å². The maximum Gasteiger partial charge on any atom is 0.418 e. The van der Waals surface area contributed by atoms with Gasteiger partial charge in [0.25, 0.3) is 5.91 Å². The smallest absolute Gasteiger partial charge is 0.367 e. The van der Waals surface area contributed by atoms with Gasteiger partial charge in [-0.2, -0.15) is 17.4 Å². The van der Waals surface area contributed by atoms with E-state index in [1.807, 2.05) is 0 Å². The summed E-state index contributed by atoms with van der Waals surface area (Å²) in [6, 6.07) is 7.41. The van der Waals surface area contributed by atoms with Crippen LogP contribution in [0.25, 0.3) is 0 Å². The van der Waals surface area contributed by atoms with E-state index in [1.54, 1.807) is 34.9 Å². The molecule has 33 heavy (non-hydrogen) atoms. The molecule has 0 bridgehead atoms. The van der Waals surface area contributed by atoms with Gasteiger partial charge in [-0.1, -0.05) is 11.6 Å². The SMILES string of the molecule is Cc1ccc(N2CCN(C(=O)c3ccc(N4CCCS4(C)(=O)O)nc3)CC2)c(C(F)(F)F)c1. The highest BCUT2D eigenvalue weighted by Crippen LogP contribution is 2.38. The molecule has 2 fully saturated rings. The molecule has 1 aromatic carbocycles. The van der Waals surface area contributed by atoms with Crippen molar-refractivity contribution >= 4 is 26.9 Å². The van der Waals surface area contributed by atoms with Crippen molar-refractivity contribution in [2.75, 3.05) is 53.9 Å². The van der Waals surface area contributed by atoms with Gasteiger partial charge in [-0.25, -0.2) is 4.98 Å². The topological polar surface area (TPSA) is 77.0 Å². The molecular weight excluding hydrogens is 457 g/mol. The number of aromatic nitrogens is 1. The molecule has 0 atom stereocenters. The number of hydrogen-bond donors (Lipinski definition) is 1. The molecule has 2 aromatic rings. The molecule has 0 unspecified atom stereocenters. The molecule has 3 heterocycles. The molecule has 4 rings (SSSR count). The lowest BCUT2D eigenvalue weighted by atomic mass is 10.1. The molecule has 2 aliphatic rings. The molecule has 0 saturated carbocycles. The predicted molar refractivity (Wildman–Crippen MR) is 122 cm³/mol. The molecule has 0 aliphatic carbocycles. The molecule has 2 saturated heterocycles. The first-order valence-corrected chi connectivity index (χ1v) is 13.1. The molecule has 1 aromatic heterocycles. The molecule has 1 N–H and O–H groups in total. The van der Waals surface area contributed by atoms with Crippen LogP contribution < -0.4 is 9.21 Å². The predicted octanol–water partition coefficient (Wildman–Crippen LogP) is 3.42. The lowest BCUT2D eigenvalue weighted by Gasteiger charge is -2.43. The van der Waals surface area contributed by atoms with E-state index in [9.17, 15) is 26.7 Å². The first-order valence-electron chi connectivity index (χ1n) is 10.7. The molecule has 0 spiro atoms. The number of aryl methyl sites for hydroxylation is 1. The van der Waals surface area contributed by atoms with Crippen molar-refractivity contribution < 1.29 is 26.7 Å². The molecular formula is C22H27F3N4O3S. The van der Waals surface area contributed by atoms with Crippen molar-refractivity contribution in [3.8, 4) is 0 Å². The average molecular weight is 485 g/mol. The van der Waals surface area contributed by atoms with Crippen molar-refractivity contribution in [1.82, 2.24) is 9.88 Å². The minimum absolute atomic E-state index is 0.124. The molecule has 0 radical (unpaired) electrons. The van der Waals surface area contributed by atoms with Crippen LogP contribution in [0, 0.1) is 6.92 Å². The normalized spacial score (nSPS) is 21.5. The number of piperazine rings is 1. The van der Waals surface area contributed by atoms with E-state index in [2.05, 4.69) is 4.98 Å². The molecule has 7 nitrogen and oxygen atoms in total. The van der Waals surface area contributed by atoms with Crippen LogP contribution in [-0.4, -0.2) is 69.3 Å². The number of pyridine rings is 1. The van der Waals surface area contributed by atoms with Crippen LogP contribution in [-0.2, 0) is 15.7 Å². The Hall–Kier alpha value is -2.66. The zero-order valence-corrected chi connectivity index (χ0v) is 19.3. The van der Waals surface area contributed by atoms with Gasteiger partial charge in [0.15, 0.2) is 0 Å². The minimum atomic E-state index is -4.45. The second-order valence-corrected chi connectivity index (χ2v) is 12.5. The number of carbonyl (C=O) groups is 1. The molecule has 11 heteroatoms. The van der Waals surface area contributed by atoms with Crippen molar-refractivity contribution in [3.05, 3.63) is 53.2 Å². The molecule has 2 aliphatic heterocycles. The number of anilines is 2. The van der Waals surface area contributed by atoms with Gasteiger partial charge in [0.2, 0.25) is 0 Å².